The number of nitrogens with zero attached hydrogens (tertiary/aromatic N) is 1. The van der Waals surface area contributed by atoms with Gasteiger partial charge in [-0.15, -0.1) is 0 Å². The van der Waals surface area contributed by atoms with E-state index in [1.807, 2.05) is 18.5 Å². The molecule has 2 aromatic rings. The van der Waals surface area contributed by atoms with Crippen LogP contribution in [-0.2, 0) is 18.0 Å². The number of benzene rings is 1. The van der Waals surface area contributed by atoms with E-state index in [1.165, 1.54) is 22.3 Å². The van der Waals surface area contributed by atoms with E-state index < -0.39 is 0 Å². The number of hydrogen-bond acceptors (Lipinski definition) is 3. The molecule has 0 spiro atoms. The third kappa shape index (κ3) is 2.74. The Balaban J connectivity index is 1.92. The predicted octanol–water partition coefficient (Wildman–Crippen LogP) is 3.20. The average Bonchev–Trinajstić information content (AvgIpc) is 2.96. The number of rotatable bonds is 5. The lowest BCUT2D eigenvalue weighted by Gasteiger charge is -2.20. The van der Waals surface area contributed by atoms with Crippen molar-refractivity contribution in [2.24, 2.45) is 0 Å². The zero-order valence-corrected chi connectivity index (χ0v) is 11.8. The van der Waals surface area contributed by atoms with E-state index in [1.54, 1.807) is 0 Å². The topological polar surface area (TPSA) is 34.2 Å². The Kier molecular flexibility index (Phi) is 4.09. The van der Waals surface area contributed by atoms with Crippen LogP contribution >= 0.6 is 0 Å². The van der Waals surface area contributed by atoms with E-state index in [2.05, 4.69) is 41.5 Å². The van der Waals surface area contributed by atoms with Gasteiger partial charge in [-0.3, -0.25) is 4.98 Å². The van der Waals surface area contributed by atoms with Crippen LogP contribution in [0.5, 0.6) is 0 Å². The summed E-state index contributed by atoms with van der Waals surface area (Å²) < 4.78 is 5.50. The maximum Gasteiger partial charge on any atom is 0.0725 e. The van der Waals surface area contributed by atoms with Crippen molar-refractivity contribution in [2.75, 3.05) is 6.54 Å². The van der Waals surface area contributed by atoms with Crippen LogP contribution in [0.1, 0.15) is 41.6 Å². The molecule has 0 amide bonds. The lowest BCUT2D eigenvalue weighted by atomic mass is 9.96. The van der Waals surface area contributed by atoms with Crippen molar-refractivity contribution in [3.8, 4) is 0 Å². The first kappa shape index (κ1) is 13.3. The van der Waals surface area contributed by atoms with Crippen molar-refractivity contribution >= 4 is 0 Å². The van der Waals surface area contributed by atoms with E-state index in [0.717, 1.165) is 26.2 Å². The van der Waals surface area contributed by atoms with Gasteiger partial charge in [0.15, 0.2) is 0 Å². The summed E-state index contributed by atoms with van der Waals surface area (Å²) in [6, 6.07) is 11.0. The quantitative estimate of drug-likeness (QED) is 0.904. The first-order chi connectivity index (χ1) is 9.88. The first-order valence-corrected chi connectivity index (χ1v) is 7.21. The smallest absolute Gasteiger partial charge is 0.0725 e. The van der Waals surface area contributed by atoms with E-state index in [9.17, 15) is 0 Å². The molecule has 1 aromatic carbocycles. The minimum atomic E-state index is 0.203. The molecule has 3 heteroatoms. The summed E-state index contributed by atoms with van der Waals surface area (Å²) >= 11 is 0. The van der Waals surface area contributed by atoms with Gasteiger partial charge in [0.25, 0.3) is 0 Å². The number of aromatic nitrogens is 1. The molecule has 1 aliphatic rings. The van der Waals surface area contributed by atoms with Crippen LogP contribution in [0.2, 0.25) is 0 Å². The summed E-state index contributed by atoms with van der Waals surface area (Å²) in [6.07, 6.45) is 4.87. The van der Waals surface area contributed by atoms with Crippen LogP contribution < -0.4 is 5.32 Å². The van der Waals surface area contributed by atoms with Crippen LogP contribution in [0.25, 0.3) is 0 Å². The molecule has 3 nitrogen and oxygen atoms in total. The van der Waals surface area contributed by atoms with Crippen LogP contribution in [0.15, 0.2) is 42.7 Å². The lowest BCUT2D eigenvalue weighted by Crippen LogP contribution is -2.23. The van der Waals surface area contributed by atoms with Gasteiger partial charge in [-0.1, -0.05) is 31.2 Å². The zero-order chi connectivity index (χ0) is 13.8. The van der Waals surface area contributed by atoms with Gasteiger partial charge >= 0.3 is 0 Å². The van der Waals surface area contributed by atoms with Crippen molar-refractivity contribution in [2.45, 2.75) is 32.6 Å². The molecule has 1 aliphatic heterocycles. The number of hydrogen-bond donors (Lipinski definition) is 1. The Labute approximate surface area is 120 Å². The molecule has 20 heavy (non-hydrogen) atoms. The van der Waals surface area contributed by atoms with E-state index in [4.69, 9.17) is 4.74 Å². The highest BCUT2D eigenvalue weighted by atomic mass is 16.5. The molecule has 0 fully saturated rings. The van der Waals surface area contributed by atoms with Gasteiger partial charge < -0.3 is 10.1 Å². The summed E-state index contributed by atoms with van der Waals surface area (Å²) in [4.78, 5) is 4.25. The SMILES string of the molecule is CCCNC(c1cccnc1)c1ccc2c(c1)COC2. The largest absolute Gasteiger partial charge is 0.372 e. The van der Waals surface area contributed by atoms with Crippen molar-refractivity contribution in [3.63, 3.8) is 0 Å². The Hall–Kier alpha value is -1.71. The molecule has 0 saturated heterocycles. The molecular formula is C17H20N2O. The van der Waals surface area contributed by atoms with Crippen molar-refractivity contribution in [3.05, 3.63) is 65.0 Å². The van der Waals surface area contributed by atoms with Gasteiger partial charge in [-0.05, 0) is 41.3 Å². The monoisotopic (exact) mass is 268 g/mol. The van der Waals surface area contributed by atoms with Gasteiger partial charge in [0.1, 0.15) is 0 Å². The number of fused-ring (bicyclic) bond motifs is 1. The molecule has 3 rings (SSSR count). The standard InChI is InChI=1S/C17H20N2O/c1-2-7-19-17(14-4-3-8-18-10-14)13-5-6-15-11-20-12-16(15)9-13/h3-6,8-10,17,19H,2,7,11-12H2,1H3. The highest BCUT2D eigenvalue weighted by Gasteiger charge is 2.17. The van der Waals surface area contributed by atoms with E-state index in [-0.39, 0.29) is 6.04 Å². The van der Waals surface area contributed by atoms with Crippen molar-refractivity contribution < 1.29 is 4.74 Å². The Morgan fingerprint density at radius 2 is 2.10 bits per heavy atom. The molecule has 1 atom stereocenters. The summed E-state index contributed by atoms with van der Waals surface area (Å²) in [5, 5.41) is 3.61. The molecule has 1 unspecified atom stereocenters. The summed E-state index contributed by atoms with van der Waals surface area (Å²) in [7, 11) is 0. The minimum absolute atomic E-state index is 0.203. The second kappa shape index (κ2) is 6.16. The lowest BCUT2D eigenvalue weighted by molar-refractivity contribution is 0.134. The fourth-order valence-electron chi connectivity index (χ4n) is 2.64. The summed E-state index contributed by atoms with van der Waals surface area (Å²) in [5.74, 6) is 0. The molecule has 104 valence electrons. The average molecular weight is 268 g/mol. The fourth-order valence-corrected chi connectivity index (χ4v) is 2.64. The zero-order valence-electron chi connectivity index (χ0n) is 11.8. The van der Waals surface area contributed by atoms with Crippen LogP contribution in [0, 0.1) is 0 Å². The highest BCUT2D eigenvalue weighted by molar-refractivity contribution is 5.38. The number of nitrogens with one attached hydrogen (secondary N) is 1. The maximum atomic E-state index is 5.50. The van der Waals surface area contributed by atoms with Crippen molar-refractivity contribution in [1.29, 1.82) is 0 Å². The van der Waals surface area contributed by atoms with Gasteiger partial charge in [0.2, 0.25) is 0 Å². The second-order valence-corrected chi connectivity index (χ2v) is 5.19. The molecule has 1 aromatic heterocycles. The van der Waals surface area contributed by atoms with E-state index >= 15 is 0 Å². The molecule has 0 bridgehead atoms. The third-order valence-electron chi connectivity index (χ3n) is 3.69. The normalized spacial score (nSPS) is 15.1. The second-order valence-electron chi connectivity index (χ2n) is 5.19. The summed E-state index contributed by atoms with van der Waals surface area (Å²) in [5.41, 5.74) is 5.12. The number of pyridine rings is 1. The minimum Gasteiger partial charge on any atom is -0.372 e. The molecule has 1 N–H and O–H groups in total. The Bertz CT molecular complexity index is 568. The number of ether oxygens (including phenoxy) is 1. The van der Waals surface area contributed by atoms with Gasteiger partial charge in [-0.2, -0.15) is 0 Å². The molecule has 0 radical (unpaired) electrons. The highest BCUT2D eigenvalue weighted by Crippen LogP contribution is 2.27. The van der Waals surface area contributed by atoms with Crippen LogP contribution in [-0.4, -0.2) is 11.5 Å². The Morgan fingerprint density at radius 1 is 1.20 bits per heavy atom. The Morgan fingerprint density at radius 3 is 2.90 bits per heavy atom. The molecular weight excluding hydrogens is 248 g/mol. The van der Waals surface area contributed by atoms with Gasteiger partial charge in [0, 0.05) is 12.4 Å². The van der Waals surface area contributed by atoms with Crippen LogP contribution in [0.3, 0.4) is 0 Å². The third-order valence-corrected chi connectivity index (χ3v) is 3.69. The first-order valence-electron chi connectivity index (χ1n) is 7.21. The molecule has 2 heterocycles. The predicted molar refractivity (Wildman–Crippen MR) is 79.3 cm³/mol. The van der Waals surface area contributed by atoms with Gasteiger partial charge in [0.05, 0.1) is 19.3 Å². The summed E-state index contributed by atoms with van der Waals surface area (Å²) in [6.45, 7) is 4.66. The molecule has 0 saturated carbocycles. The fraction of sp³-hybridized carbons (Fsp3) is 0.353. The molecule has 0 aliphatic carbocycles. The maximum absolute atomic E-state index is 5.50. The van der Waals surface area contributed by atoms with Crippen molar-refractivity contribution in [1.82, 2.24) is 10.3 Å². The van der Waals surface area contributed by atoms with Gasteiger partial charge in [-0.25, -0.2) is 0 Å². The van der Waals surface area contributed by atoms with Crippen LogP contribution in [0.4, 0.5) is 0 Å². The van der Waals surface area contributed by atoms with E-state index in [0.29, 0.717) is 0 Å².